The average Bonchev–Trinajstić information content (AvgIpc) is 3.24. The molecule has 0 N–H and O–H groups in total. The van der Waals surface area contributed by atoms with Crippen molar-refractivity contribution in [3.8, 4) is 5.75 Å². The van der Waals surface area contributed by atoms with E-state index in [0.717, 1.165) is 18.0 Å². The van der Waals surface area contributed by atoms with Gasteiger partial charge >= 0.3 is 0 Å². The standard InChI is InChI=1S/C19H25N3O3/c1-14-4-6-15(7-5-14)24-13-11-22(3)19(23)16-8-12-25-17(16)18-20-9-10-21(18)2/h4-7,9-10,16-17H,8,11-13H2,1-3H3/t16-,17-/m1/s1. The van der Waals surface area contributed by atoms with Crippen molar-refractivity contribution in [2.24, 2.45) is 13.0 Å². The normalized spacial score (nSPS) is 19.8. The molecule has 0 bridgehead atoms. The second-order valence-electron chi connectivity index (χ2n) is 6.50. The molecule has 1 fully saturated rings. The van der Waals surface area contributed by atoms with Gasteiger partial charge in [-0.2, -0.15) is 0 Å². The molecule has 0 unspecified atom stereocenters. The van der Waals surface area contributed by atoms with E-state index in [1.54, 1.807) is 11.1 Å². The number of rotatable bonds is 6. The van der Waals surface area contributed by atoms with Crippen LogP contribution in [0.15, 0.2) is 36.7 Å². The van der Waals surface area contributed by atoms with Gasteiger partial charge in [0.05, 0.1) is 12.5 Å². The summed E-state index contributed by atoms with van der Waals surface area (Å²) < 4.78 is 13.4. The van der Waals surface area contributed by atoms with Crippen LogP contribution in [0.3, 0.4) is 0 Å². The number of likely N-dealkylation sites (N-methyl/N-ethyl adjacent to an activating group) is 1. The minimum absolute atomic E-state index is 0.0815. The minimum Gasteiger partial charge on any atom is -0.492 e. The number of ether oxygens (including phenoxy) is 2. The second-order valence-corrected chi connectivity index (χ2v) is 6.50. The van der Waals surface area contributed by atoms with Gasteiger partial charge in [0.15, 0.2) is 0 Å². The molecule has 0 radical (unpaired) electrons. The van der Waals surface area contributed by atoms with Crippen LogP contribution in [-0.4, -0.2) is 47.2 Å². The molecule has 6 nitrogen and oxygen atoms in total. The highest BCUT2D eigenvalue weighted by atomic mass is 16.5. The third-order valence-corrected chi connectivity index (χ3v) is 4.61. The molecular weight excluding hydrogens is 318 g/mol. The summed E-state index contributed by atoms with van der Waals surface area (Å²) in [5.74, 6) is 1.52. The molecule has 1 amide bonds. The van der Waals surface area contributed by atoms with Crippen LogP contribution in [0, 0.1) is 12.8 Å². The third kappa shape index (κ3) is 4.02. The first-order valence-corrected chi connectivity index (χ1v) is 8.59. The fourth-order valence-corrected chi connectivity index (χ4v) is 3.08. The third-order valence-electron chi connectivity index (χ3n) is 4.61. The topological polar surface area (TPSA) is 56.6 Å². The van der Waals surface area contributed by atoms with Crippen molar-refractivity contribution >= 4 is 5.91 Å². The summed E-state index contributed by atoms with van der Waals surface area (Å²) in [5, 5.41) is 0. The number of imidazole rings is 1. The molecule has 1 aromatic carbocycles. The van der Waals surface area contributed by atoms with Gasteiger partial charge in [0, 0.05) is 33.1 Å². The second kappa shape index (κ2) is 7.70. The van der Waals surface area contributed by atoms with Crippen LogP contribution >= 0.6 is 0 Å². The van der Waals surface area contributed by atoms with E-state index in [0.29, 0.717) is 19.8 Å². The van der Waals surface area contributed by atoms with Gasteiger partial charge in [0.25, 0.3) is 0 Å². The zero-order valence-electron chi connectivity index (χ0n) is 15.0. The highest BCUT2D eigenvalue weighted by Gasteiger charge is 2.38. The van der Waals surface area contributed by atoms with Crippen molar-refractivity contribution in [2.45, 2.75) is 19.4 Å². The Morgan fingerprint density at radius 3 is 2.84 bits per heavy atom. The lowest BCUT2D eigenvalue weighted by Crippen LogP contribution is -2.37. The number of hydrogen-bond donors (Lipinski definition) is 0. The van der Waals surface area contributed by atoms with Gasteiger partial charge in [-0.25, -0.2) is 4.98 Å². The van der Waals surface area contributed by atoms with Crippen LogP contribution in [0.5, 0.6) is 5.75 Å². The Kier molecular flexibility index (Phi) is 5.38. The van der Waals surface area contributed by atoms with Gasteiger partial charge < -0.3 is 18.9 Å². The number of aryl methyl sites for hydroxylation is 2. The van der Waals surface area contributed by atoms with Crippen LogP contribution in [-0.2, 0) is 16.6 Å². The van der Waals surface area contributed by atoms with Gasteiger partial charge in [-0.1, -0.05) is 17.7 Å². The highest BCUT2D eigenvalue weighted by Crippen LogP contribution is 2.34. The maximum atomic E-state index is 12.8. The van der Waals surface area contributed by atoms with Gasteiger partial charge in [0.2, 0.25) is 5.91 Å². The van der Waals surface area contributed by atoms with E-state index in [-0.39, 0.29) is 17.9 Å². The zero-order chi connectivity index (χ0) is 17.8. The Labute approximate surface area is 148 Å². The van der Waals surface area contributed by atoms with Crippen molar-refractivity contribution in [2.75, 3.05) is 26.8 Å². The first kappa shape index (κ1) is 17.5. The summed E-state index contributed by atoms with van der Waals surface area (Å²) in [4.78, 5) is 18.9. The number of carbonyl (C=O) groups excluding carboxylic acids is 1. The number of aromatic nitrogens is 2. The number of hydrogen-bond acceptors (Lipinski definition) is 4. The molecule has 1 saturated heterocycles. The Morgan fingerprint density at radius 1 is 1.40 bits per heavy atom. The average molecular weight is 343 g/mol. The molecule has 2 aromatic rings. The number of carbonyl (C=O) groups is 1. The van der Waals surface area contributed by atoms with Crippen LogP contribution in [0.4, 0.5) is 0 Å². The molecule has 2 atom stereocenters. The van der Waals surface area contributed by atoms with Gasteiger partial charge in [0.1, 0.15) is 24.3 Å². The summed E-state index contributed by atoms with van der Waals surface area (Å²) in [6.45, 7) is 3.63. The molecule has 2 heterocycles. The molecule has 134 valence electrons. The Hall–Kier alpha value is -2.34. The van der Waals surface area contributed by atoms with E-state index in [9.17, 15) is 4.79 Å². The van der Waals surface area contributed by atoms with E-state index in [1.165, 1.54) is 5.56 Å². The minimum atomic E-state index is -0.270. The lowest BCUT2D eigenvalue weighted by atomic mass is 9.99. The largest absolute Gasteiger partial charge is 0.492 e. The molecule has 0 saturated carbocycles. The summed E-state index contributed by atoms with van der Waals surface area (Å²) in [5.41, 5.74) is 1.20. The first-order valence-electron chi connectivity index (χ1n) is 8.59. The van der Waals surface area contributed by atoms with Crippen LogP contribution < -0.4 is 4.74 Å². The van der Waals surface area contributed by atoms with Crippen molar-refractivity contribution in [1.82, 2.24) is 14.5 Å². The fourth-order valence-electron chi connectivity index (χ4n) is 3.08. The SMILES string of the molecule is Cc1ccc(OCCN(C)C(=O)[C@@H]2CCO[C@H]2c2nccn2C)cc1. The maximum Gasteiger partial charge on any atom is 0.228 e. The van der Waals surface area contributed by atoms with Crippen LogP contribution in [0.2, 0.25) is 0 Å². The van der Waals surface area contributed by atoms with Crippen molar-refractivity contribution in [3.63, 3.8) is 0 Å². The van der Waals surface area contributed by atoms with E-state index in [2.05, 4.69) is 4.98 Å². The van der Waals surface area contributed by atoms with Crippen molar-refractivity contribution in [3.05, 3.63) is 48.0 Å². The van der Waals surface area contributed by atoms with E-state index >= 15 is 0 Å². The highest BCUT2D eigenvalue weighted by molar-refractivity contribution is 5.79. The van der Waals surface area contributed by atoms with Gasteiger partial charge in [-0.3, -0.25) is 4.79 Å². The summed E-state index contributed by atoms with van der Waals surface area (Å²) in [7, 11) is 3.74. The first-order chi connectivity index (χ1) is 12.1. The zero-order valence-corrected chi connectivity index (χ0v) is 15.0. The Bertz CT molecular complexity index is 711. The van der Waals surface area contributed by atoms with Gasteiger partial charge in [-0.15, -0.1) is 0 Å². The van der Waals surface area contributed by atoms with E-state index < -0.39 is 0 Å². The van der Waals surface area contributed by atoms with Crippen molar-refractivity contribution < 1.29 is 14.3 Å². The van der Waals surface area contributed by atoms with Crippen LogP contribution in [0.1, 0.15) is 23.9 Å². The lowest BCUT2D eigenvalue weighted by Gasteiger charge is -2.24. The molecular formula is C19H25N3O3. The Morgan fingerprint density at radius 2 is 2.16 bits per heavy atom. The molecule has 1 aromatic heterocycles. The molecule has 6 heteroatoms. The monoisotopic (exact) mass is 343 g/mol. The number of nitrogens with zero attached hydrogens (tertiary/aromatic N) is 3. The summed E-state index contributed by atoms with van der Waals surface area (Å²) in [6.07, 6.45) is 4.06. The summed E-state index contributed by atoms with van der Waals surface area (Å²) in [6, 6.07) is 7.91. The number of amides is 1. The molecule has 0 aliphatic carbocycles. The maximum absolute atomic E-state index is 12.8. The lowest BCUT2D eigenvalue weighted by molar-refractivity contribution is -0.136. The quantitative estimate of drug-likeness (QED) is 0.808. The fraction of sp³-hybridized carbons (Fsp3) is 0.474. The molecule has 25 heavy (non-hydrogen) atoms. The molecule has 1 aliphatic heterocycles. The van der Waals surface area contributed by atoms with E-state index in [4.69, 9.17) is 9.47 Å². The van der Waals surface area contributed by atoms with Crippen molar-refractivity contribution in [1.29, 1.82) is 0 Å². The number of benzene rings is 1. The van der Waals surface area contributed by atoms with E-state index in [1.807, 2.05) is 56.0 Å². The Balaban J connectivity index is 1.54. The summed E-state index contributed by atoms with van der Waals surface area (Å²) >= 11 is 0. The molecule has 3 rings (SSSR count). The molecule has 0 spiro atoms. The predicted octanol–water partition coefficient (Wildman–Crippen LogP) is 2.34. The van der Waals surface area contributed by atoms with Crippen LogP contribution in [0.25, 0.3) is 0 Å². The predicted molar refractivity (Wildman–Crippen MR) is 94.3 cm³/mol. The smallest absolute Gasteiger partial charge is 0.228 e. The van der Waals surface area contributed by atoms with Gasteiger partial charge in [-0.05, 0) is 25.5 Å². The molecule has 1 aliphatic rings.